The molecule has 7 heteroatoms. The van der Waals surface area contributed by atoms with Crippen molar-refractivity contribution in [1.29, 1.82) is 0 Å². The van der Waals surface area contributed by atoms with E-state index in [2.05, 4.69) is 10.6 Å². The van der Waals surface area contributed by atoms with Crippen molar-refractivity contribution in [3.05, 3.63) is 71.3 Å². The minimum Gasteiger partial charge on any atom is -0.444 e. The number of hydrogen-bond acceptors (Lipinski definition) is 4. The molecule has 2 aromatic carbocycles. The Bertz CT molecular complexity index is 954. The molecule has 2 unspecified atom stereocenters. The van der Waals surface area contributed by atoms with E-state index in [4.69, 9.17) is 4.74 Å². The van der Waals surface area contributed by atoms with Crippen LogP contribution in [0.15, 0.2) is 54.6 Å². The van der Waals surface area contributed by atoms with Gasteiger partial charge in [-0.25, -0.2) is 4.79 Å². The summed E-state index contributed by atoms with van der Waals surface area (Å²) in [6.07, 6.45) is -0.680. The minimum atomic E-state index is -0.867. The predicted molar refractivity (Wildman–Crippen MR) is 128 cm³/mol. The van der Waals surface area contributed by atoms with E-state index in [1.807, 2.05) is 68.4 Å². The van der Waals surface area contributed by atoms with E-state index in [9.17, 15) is 14.4 Å². The van der Waals surface area contributed by atoms with Gasteiger partial charge in [-0.2, -0.15) is 0 Å². The number of nitrogens with one attached hydrogen (secondary N) is 2. The number of hydrogen-bond donors (Lipinski definition) is 2. The Kier molecular flexibility index (Phi) is 9.02. The van der Waals surface area contributed by atoms with Crippen molar-refractivity contribution in [2.24, 2.45) is 0 Å². The molecule has 0 spiro atoms. The molecule has 33 heavy (non-hydrogen) atoms. The van der Waals surface area contributed by atoms with Crippen LogP contribution in [0.3, 0.4) is 0 Å². The lowest BCUT2D eigenvalue weighted by atomic mass is 9.98. The maximum atomic E-state index is 13.4. The predicted octanol–water partition coefficient (Wildman–Crippen LogP) is 4.11. The second-order valence-electron chi connectivity index (χ2n) is 8.95. The number of nitrogens with zero attached hydrogens (tertiary/aromatic N) is 1. The number of alkyl carbamates (subject to hydrolysis) is 1. The molecule has 0 heterocycles. The molecule has 178 valence electrons. The highest BCUT2D eigenvalue weighted by molar-refractivity contribution is 5.92. The van der Waals surface area contributed by atoms with Crippen LogP contribution in [0.1, 0.15) is 57.4 Å². The fraction of sp³-hybridized carbons (Fsp3) is 0.423. The maximum Gasteiger partial charge on any atom is 0.408 e. The highest BCUT2D eigenvalue weighted by Crippen LogP contribution is 2.25. The van der Waals surface area contributed by atoms with Crippen molar-refractivity contribution in [2.75, 3.05) is 6.54 Å². The first-order chi connectivity index (χ1) is 15.5. The van der Waals surface area contributed by atoms with Crippen molar-refractivity contribution < 1.29 is 19.1 Å². The molecular weight excluding hydrogens is 418 g/mol. The molecule has 0 saturated heterocycles. The van der Waals surface area contributed by atoms with E-state index >= 15 is 0 Å². The zero-order valence-corrected chi connectivity index (χ0v) is 20.3. The second-order valence-corrected chi connectivity index (χ2v) is 8.95. The first-order valence-corrected chi connectivity index (χ1v) is 11.2. The van der Waals surface area contributed by atoms with E-state index in [0.29, 0.717) is 6.54 Å². The number of likely N-dealkylation sites (N-methyl/N-ethyl adjacent to an activating group) is 1. The fourth-order valence-corrected chi connectivity index (χ4v) is 3.49. The molecule has 0 bridgehead atoms. The first kappa shape index (κ1) is 25.9. The molecule has 0 radical (unpaired) electrons. The largest absolute Gasteiger partial charge is 0.444 e. The Balaban J connectivity index is 2.27. The summed E-state index contributed by atoms with van der Waals surface area (Å²) in [5.74, 6) is -0.653. The molecule has 0 fully saturated rings. The summed E-state index contributed by atoms with van der Waals surface area (Å²) in [4.78, 5) is 40.4. The van der Waals surface area contributed by atoms with Crippen LogP contribution in [-0.2, 0) is 20.9 Å². The van der Waals surface area contributed by atoms with Gasteiger partial charge in [-0.3, -0.25) is 9.59 Å². The lowest BCUT2D eigenvalue weighted by Gasteiger charge is -2.33. The van der Waals surface area contributed by atoms with Crippen molar-refractivity contribution in [3.63, 3.8) is 0 Å². The van der Waals surface area contributed by atoms with Crippen molar-refractivity contribution >= 4 is 17.9 Å². The molecule has 0 aliphatic heterocycles. The number of ether oxygens (including phenoxy) is 1. The van der Waals surface area contributed by atoms with E-state index in [1.165, 1.54) is 4.90 Å². The number of carbonyl (C=O) groups excluding carboxylic acids is 3. The Morgan fingerprint density at radius 1 is 1.00 bits per heavy atom. The summed E-state index contributed by atoms with van der Waals surface area (Å²) < 4.78 is 5.27. The molecule has 2 aromatic rings. The first-order valence-electron chi connectivity index (χ1n) is 11.2. The molecule has 7 nitrogen and oxygen atoms in total. The lowest BCUT2D eigenvalue weighted by molar-refractivity contribution is -0.142. The molecule has 0 aliphatic rings. The van der Waals surface area contributed by atoms with Crippen LogP contribution < -0.4 is 10.6 Å². The van der Waals surface area contributed by atoms with Gasteiger partial charge in [0.1, 0.15) is 17.7 Å². The van der Waals surface area contributed by atoms with Crippen LogP contribution in [0.2, 0.25) is 0 Å². The van der Waals surface area contributed by atoms with Crippen LogP contribution in [0, 0.1) is 6.92 Å². The third-order valence-corrected chi connectivity index (χ3v) is 5.08. The van der Waals surface area contributed by atoms with Crippen molar-refractivity contribution in [3.8, 4) is 0 Å². The average molecular weight is 454 g/mol. The normalized spacial score (nSPS) is 12.9. The zero-order chi connectivity index (χ0) is 24.6. The van der Waals surface area contributed by atoms with Crippen LogP contribution in [-0.4, -0.2) is 41.0 Å². The van der Waals surface area contributed by atoms with Crippen molar-refractivity contribution in [1.82, 2.24) is 15.5 Å². The summed E-state index contributed by atoms with van der Waals surface area (Å²) >= 11 is 0. The molecule has 2 rings (SSSR count). The summed E-state index contributed by atoms with van der Waals surface area (Å²) in [5.41, 5.74) is 1.92. The van der Waals surface area contributed by atoms with Gasteiger partial charge in [0.15, 0.2) is 0 Å². The molecule has 2 atom stereocenters. The lowest BCUT2D eigenvalue weighted by Crippen LogP contribution is -2.51. The molecule has 2 N–H and O–H groups in total. The smallest absolute Gasteiger partial charge is 0.408 e. The van der Waals surface area contributed by atoms with Crippen LogP contribution in [0.4, 0.5) is 4.79 Å². The average Bonchev–Trinajstić information content (AvgIpc) is 2.75. The Morgan fingerprint density at radius 2 is 1.61 bits per heavy atom. The van der Waals surface area contributed by atoms with E-state index in [-0.39, 0.29) is 18.4 Å². The summed E-state index contributed by atoms with van der Waals surface area (Å²) in [7, 11) is 0. The summed E-state index contributed by atoms with van der Waals surface area (Å²) in [6.45, 7) is 11.2. The van der Waals surface area contributed by atoms with Gasteiger partial charge >= 0.3 is 6.09 Å². The topological polar surface area (TPSA) is 87.7 Å². The van der Waals surface area contributed by atoms with Gasteiger partial charge in [-0.05, 0) is 58.2 Å². The van der Waals surface area contributed by atoms with Crippen LogP contribution in [0.5, 0.6) is 0 Å². The van der Waals surface area contributed by atoms with E-state index in [1.54, 1.807) is 27.7 Å². The standard InChI is InChI=1S/C26H35N3O4/c1-7-29(24(31)19(3)28-25(32)33-26(4,5)6)22(21-16-12-11-13-18(21)2)23(30)27-17-20-14-9-8-10-15-20/h8-16,19,22H,7,17H2,1-6H3,(H,27,30)(H,28,32). The molecule has 3 amide bonds. The van der Waals surface area contributed by atoms with Gasteiger partial charge in [0, 0.05) is 13.1 Å². The van der Waals surface area contributed by atoms with Crippen LogP contribution >= 0.6 is 0 Å². The monoisotopic (exact) mass is 453 g/mol. The quantitative estimate of drug-likeness (QED) is 0.630. The number of aryl methyl sites for hydroxylation is 1. The number of amides is 3. The van der Waals surface area contributed by atoms with Crippen molar-refractivity contribution in [2.45, 2.75) is 65.8 Å². The highest BCUT2D eigenvalue weighted by Gasteiger charge is 2.34. The molecule has 0 aliphatic carbocycles. The van der Waals surface area contributed by atoms with E-state index < -0.39 is 23.8 Å². The summed E-state index contributed by atoms with van der Waals surface area (Å²) in [5, 5.41) is 5.54. The fourth-order valence-electron chi connectivity index (χ4n) is 3.49. The van der Waals surface area contributed by atoms with Gasteiger partial charge in [-0.15, -0.1) is 0 Å². The molecule has 0 aromatic heterocycles. The maximum absolute atomic E-state index is 13.4. The van der Waals surface area contributed by atoms with Crippen LogP contribution in [0.25, 0.3) is 0 Å². The number of carbonyl (C=O) groups is 3. The third-order valence-electron chi connectivity index (χ3n) is 5.08. The van der Waals surface area contributed by atoms with Gasteiger partial charge in [0.2, 0.25) is 11.8 Å². The Labute approximate surface area is 196 Å². The Morgan fingerprint density at radius 3 is 2.18 bits per heavy atom. The number of rotatable bonds is 8. The van der Waals surface area contributed by atoms with E-state index in [0.717, 1.165) is 16.7 Å². The number of benzene rings is 2. The zero-order valence-electron chi connectivity index (χ0n) is 20.3. The highest BCUT2D eigenvalue weighted by atomic mass is 16.6. The summed E-state index contributed by atoms with van der Waals surface area (Å²) in [6, 6.07) is 15.4. The van der Waals surface area contributed by atoms with Gasteiger partial charge in [-0.1, -0.05) is 54.6 Å². The minimum absolute atomic E-state index is 0.284. The second kappa shape index (κ2) is 11.5. The van der Waals surface area contributed by atoms with Gasteiger partial charge < -0.3 is 20.3 Å². The van der Waals surface area contributed by atoms with Gasteiger partial charge in [0.25, 0.3) is 0 Å². The molecular formula is C26H35N3O4. The molecule has 0 saturated carbocycles. The third kappa shape index (κ3) is 7.63. The SMILES string of the molecule is CCN(C(=O)C(C)NC(=O)OC(C)(C)C)C(C(=O)NCc1ccccc1)c1ccccc1C. The Hall–Kier alpha value is -3.35. The van der Waals surface area contributed by atoms with Gasteiger partial charge in [0.05, 0.1) is 0 Å².